The minimum atomic E-state index is -4.75. The van der Waals surface area contributed by atoms with Gasteiger partial charge in [-0.25, -0.2) is 4.79 Å². The summed E-state index contributed by atoms with van der Waals surface area (Å²) >= 11 is 0. The Morgan fingerprint density at radius 1 is 1.27 bits per heavy atom. The molecule has 82 valence electrons. The van der Waals surface area contributed by atoms with Gasteiger partial charge in [-0.05, 0) is 9.90 Å². The Bertz CT molecular complexity index is 424. The van der Waals surface area contributed by atoms with Gasteiger partial charge in [0.25, 0.3) is 0 Å². The van der Waals surface area contributed by atoms with Gasteiger partial charge in [0, 0.05) is 0 Å². The van der Waals surface area contributed by atoms with E-state index in [1.807, 2.05) is 0 Å². The molecule has 0 radical (unpaired) electrons. The van der Waals surface area contributed by atoms with Crippen molar-refractivity contribution in [3.8, 4) is 0 Å². The third-order valence-electron chi connectivity index (χ3n) is 1.40. The maximum Gasteiger partial charge on any atom is 0.432 e. The average molecular weight is 232 g/mol. The van der Waals surface area contributed by atoms with Crippen molar-refractivity contribution < 1.29 is 27.0 Å². The molecule has 0 heterocycles. The van der Waals surface area contributed by atoms with Crippen LogP contribution in [0.3, 0.4) is 0 Å². The summed E-state index contributed by atoms with van der Waals surface area (Å²) in [6.07, 6.45) is -0.143. The SMILES string of the molecule is O=C(Cc1ccccc1)OOS(=O)(=O)O. The second kappa shape index (κ2) is 4.87. The fraction of sp³-hybridized carbons (Fsp3) is 0.125. The molecule has 0 fully saturated rings. The summed E-state index contributed by atoms with van der Waals surface area (Å²) in [7, 11) is -4.75. The zero-order valence-corrected chi connectivity index (χ0v) is 8.31. The van der Waals surface area contributed by atoms with E-state index < -0.39 is 16.4 Å². The van der Waals surface area contributed by atoms with Crippen molar-refractivity contribution in [1.29, 1.82) is 0 Å². The standard InChI is InChI=1S/C8H8O6S/c9-8(13-14-15(10,11)12)6-7-4-2-1-3-5-7/h1-5H,6H2,(H,10,11,12). The number of benzene rings is 1. The van der Waals surface area contributed by atoms with Crippen molar-refractivity contribution in [2.45, 2.75) is 6.42 Å². The highest BCUT2D eigenvalue weighted by Gasteiger charge is 2.11. The number of rotatable bonds is 4. The number of carbonyl (C=O) groups excluding carboxylic acids is 1. The van der Waals surface area contributed by atoms with Crippen molar-refractivity contribution >= 4 is 16.4 Å². The van der Waals surface area contributed by atoms with E-state index >= 15 is 0 Å². The minimum Gasteiger partial charge on any atom is -0.279 e. The summed E-state index contributed by atoms with van der Waals surface area (Å²) < 4.78 is 31.6. The molecule has 1 aromatic rings. The molecule has 0 unspecified atom stereocenters. The molecular formula is C8H8O6S. The predicted octanol–water partition coefficient (Wildman–Crippen LogP) is 0.507. The van der Waals surface area contributed by atoms with Gasteiger partial charge in [0.2, 0.25) is 0 Å². The summed E-state index contributed by atoms with van der Waals surface area (Å²) in [4.78, 5) is 14.8. The molecule has 0 aromatic heterocycles. The Morgan fingerprint density at radius 3 is 2.40 bits per heavy atom. The average Bonchev–Trinajstić information content (AvgIpc) is 2.15. The van der Waals surface area contributed by atoms with Gasteiger partial charge in [-0.3, -0.25) is 9.44 Å². The Morgan fingerprint density at radius 2 is 1.87 bits per heavy atom. The Labute approximate surface area is 86.3 Å². The second-order valence-corrected chi connectivity index (χ2v) is 3.61. The normalized spacial score (nSPS) is 11.0. The lowest BCUT2D eigenvalue weighted by molar-refractivity contribution is -0.213. The topological polar surface area (TPSA) is 89.9 Å². The molecule has 15 heavy (non-hydrogen) atoms. The monoisotopic (exact) mass is 232 g/mol. The molecule has 1 rings (SSSR count). The summed E-state index contributed by atoms with van der Waals surface area (Å²) in [5, 5.41) is 0. The van der Waals surface area contributed by atoms with E-state index in [1.165, 1.54) is 0 Å². The van der Waals surface area contributed by atoms with Crippen LogP contribution in [0.1, 0.15) is 5.56 Å². The molecule has 1 N–H and O–H groups in total. The summed E-state index contributed by atoms with van der Waals surface area (Å²) in [6, 6.07) is 8.52. The molecule has 0 aliphatic rings. The summed E-state index contributed by atoms with van der Waals surface area (Å²) in [6.45, 7) is 0. The first kappa shape index (κ1) is 11.6. The van der Waals surface area contributed by atoms with E-state index in [0.29, 0.717) is 5.56 Å². The largest absolute Gasteiger partial charge is 0.432 e. The molecule has 0 amide bonds. The smallest absolute Gasteiger partial charge is 0.279 e. The first-order valence-corrected chi connectivity index (χ1v) is 5.24. The molecule has 0 aliphatic carbocycles. The lowest BCUT2D eigenvalue weighted by Crippen LogP contribution is -2.12. The second-order valence-electron chi connectivity index (χ2n) is 2.61. The first-order valence-electron chi connectivity index (χ1n) is 3.88. The van der Waals surface area contributed by atoms with Crippen LogP contribution in [0.5, 0.6) is 0 Å². The van der Waals surface area contributed by atoms with Crippen LogP contribution in [0.2, 0.25) is 0 Å². The van der Waals surface area contributed by atoms with Crippen LogP contribution in [-0.2, 0) is 30.8 Å². The Kier molecular flexibility index (Phi) is 3.78. The highest BCUT2D eigenvalue weighted by molar-refractivity contribution is 7.80. The van der Waals surface area contributed by atoms with E-state index in [1.54, 1.807) is 30.3 Å². The number of carbonyl (C=O) groups is 1. The van der Waals surface area contributed by atoms with E-state index in [2.05, 4.69) is 9.22 Å². The van der Waals surface area contributed by atoms with Crippen LogP contribution in [0.15, 0.2) is 30.3 Å². The lowest BCUT2D eigenvalue weighted by atomic mass is 10.2. The Hall–Kier alpha value is -1.44. The van der Waals surface area contributed by atoms with E-state index in [0.717, 1.165) is 0 Å². The molecule has 0 aliphatic heterocycles. The van der Waals surface area contributed by atoms with Crippen LogP contribution in [-0.4, -0.2) is 18.9 Å². The van der Waals surface area contributed by atoms with Gasteiger partial charge < -0.3 is 0 Å². The van der Waals surface area contributed by atoms with Crippen LogP contribution < -0.4 is 0 Å². The molecule has 1 aromatic carbocycles. The zero-order chi connectivity index (χ0) is 11.3. The molecule has 0 atom stereocenters. The van der Waals surface area contributed by atoms with Crippen LogP contribution in [0.25, 0.3) is 0 Å². The maximum atomic E-state index is 10.9. The van der Waals surface area contributed by atoms with E-state index in [4.69, 9.17) is 4.55 Å². The Balaban J connectivity index is 2.44. The number of hydrogen-bond donors (Lipinski definition) is 1. The fourth-order valence-corrected chi connectivity index (χ4v) is 1.03. The van der Waals surface area contributed by atoms with Crippen LogP contribution >= 0.6 is 0 Å². The molecule has 7 heteroatoms. The minimum absolute atomic E-state index is 0.143. The quantitative estimate of drug-likeness (QED) is 0.462. The van der Waals surface area contributed by atoms with Gasteiger partial charge >= 0.3 is 16.4 Å². The summed E-state index contributed by atoms with van der Waals surface area (Å²) in [5.74, 6) is -0.918. The molecule has 0 saturated heterocycles. The maximum absolute atomic E-state index is 10.9. The fourth-order valence-electron chi connectivity index (χ4n) is 0.873. The van der Waals surface area contributed by atoms with Crippen molar-refractivity contribution in [1.82, 2.24) is 0 Å². The van der Waals surface area contributed by atoms with Gasteiger partial charge in [-0.2, -0.15) is 8.42 Å². The first-order chi connectivity index (χ1) is 6.97. The van der Waals surface area contributed by atoms with Crippen molar-refractivity contribution in [3.63, 3.8) is 0 Å². The third-order valence-corrected chi connectivity index (χ3v) is 1.64. The highest BCUT2D eigenvalue weighted by Crippen LogP contribution is 2.01. The van der Waals surface area contributed by atoms with Gasteiger partial charge in [0.05, 0.1) is 6.42 Å². The highest BCUT2D eigenvalue weighted by atomic mass is 32.3. The summed E-state index contributed by atoms with van der Waals surface area (Å²) in [5.41, 5.74) is 0.640. The van der Waals surface area contributed by atoms with E-state index in [9.17, 15) is 13.2 Å². The number of hydrogen-bond acceptors (Lipinski definition) is 5. The van der Waals surface area contributed by atoms with Gasteiger partial charge in [0.1, 0.15) is 0 Å². The lowest BCUT2D eigenvalue weighted by Gasteiger charge is -1.99. The van der Waals surface area contributed by atoms with E-state index in [-0.39, 0.29) is 6.42 Å². The van der Waals surface area contributed by atoms with Crippen LogP contribution in [0, 0.1) is 0 Å². The molecular weight excluding hydrogens is 224 g/mol. The third kappa shape index (κ3) is 5.11. The van der Waals surface area contributed by atoms with Gasteiger partial charge in [0.15, 0.2) is 0 Å². The molecule has 0 saturated carbocycles. The van der Waals surface area contributed by atoms with Crippen molar-refractivity contribution in [2.75, 3.05) is 0 Å². The van der Waals surface area contributed by atoms with Crippen molar-refractivity contribution in [3.05, 3.63) is 35.9 Å². The van der Waals surface area contributed by atoms with Crippen LogP contribution in [0.4, 0.5) is 0 Å². The predicted molar refractivity (Wildman–Crippen MR) is 48.9 cm³/mol. The molecule has 6 nitrogen and oxygen atoms in total. The van der Waals surface area contributed by atoms with Gasteiger partial charge in [-0.15, -0.1) is 0 Å². The van der Waals surface area contributed by atoms with Crippen molar-refractivity contribution in [2.24, 2.45) is 0 Å². The molecule has 0 bridgehead atoms. The zero-order valence-electron chi connectivity index (χ0n) is 7.49. The van der Waals surface area contributed by atoms with Gasteiger partial charge in [-0.1, -0.05) is 30.3 Å². The molecule has 0 spiro atoms.